The molecule has 7 aromatic carbocycles. The minimum atomic E-state index is 1.02. The largest absolute Gasteiger partial charge is 0.310 e. The first kappa shape index (κ1) is 36.3. The summed E-state index contributed by atoms with van der Waals surface area (Å²) in [5.74, 6) is 0. The van der Waals surface area contributed by atoms with Crippen molar-refractivity contribution in [3.8, 4) is 11.1 Å². The van der Waals surface area contributed by atoms with E-state index < -0.39 is 0 Å². The van der Waals surface area contributed by atoms with Crippen molar-refractivity contribution >= 4 is 45.8 Å². The molecule has 1 aliphatic rings. The smallest absolute Gasteiger partial charge is 0.0464 e. The summed E-state index contributed by atoms with van der Waals surface area (Å²) in [6.07, 6.45) is 9.02. The van der Waals surface area contributed by atoms with Crippen LogP contribution < -0.4 is 9.80 Å². The average molecular weight is 725 g/mol. The van der Waals surface area contributed by atoms with Crippen molar-refractivity contribution in [2.45, 2.75) is 40.5 Å². The van der Waals surface area contributed by atoms with Crippen LogP contribution in [0, 0.1) is 20.8 Å². The van der Waals surface area contributed by atoms with Crippen LogP contribution in [0.15, 0.2) is 199 Å². The average Bonchev–Trinajstić information content (AvgIpc) is 3.23. The SMILES string of the molecule is CC1=C(c2ccc(N(c3ccccc3)c3ccccc3)cc2C)CCC(/C=C/c2ccc(-c3ccc(N(c4ccccc4)c4ccccc4)cc3C)c(C)c2)=C1. The van der Waals surface area contributed by atoms with Gasteiger partial charge >= 0.3 is 0 Å². The van der Waals surface area contributed by atoms with Crippen LogP contribution >= 0.6 is 0 Å². The van der Waals surface area contributed by atoms with E-state index in [1.54, 1.807) is 0 Å². The minimum absolute atomic E-state index is 1.02. The van der Waals surface area contributed by atoms with Gasteiger partial charge in [0.2, 0.25) is 0 Å². The summed E-state index contributed by atoms with van der Waals surface area (Å²) in [6.45, 7) is 8.96. The van der Waals surface area contributed by atoms with E-state index in [9.17, 15) is 0 Å². The molecule has 0 saturated carbocycles. The number of anilines is 6. The van der Waals surface area contributed by atoms with E-state index in [1.165, 1.54) is 61.4 Å². The summed E-state index contributed by atoms with van der Waals surface area (Å²) in [4.78, 5) is 4.65. The molecule has 7 aromatic rings. The second-order valence-corrected chi connectivity index (χ2v) is 14.8. The summed E-state index contributed by atoms with van der Waals surface area (Å²) < 4.78 is 0. The molecule has 0 N–H and O–H groups in total. The van der Waals surface area contributed by atoms with Gasteiger partial charge in [0.1, 0.15) is 0 Å². The fraction of sp³-hybridized carbons (Fsp3) is 0.111. The summed E-state index contributed by atoms with van der Waals surface area (Å²) >= 11 is 0. The fourth-order valence-corrected chi connectivity index (χ4v) is 8.10. The van der Waals surface area contributed by atoms with E-state index in [0.717, 1.165) is 41.3 Å². The third-order valence-corrected chi connectivity index (χ3v) is 10.9. The highest BCUT2D eigenvalue weighted by molar-refractivity contribution is 5.82. The second-order valence-electron chi connectivity index (χ2n) is 14.8. The van der Waals surface area contributed by atoms with Gasteiger partial charge in [-0.3, -0.25) is 0 Å². The first-order valence-corrected chi connectivity index (χ1v) is 19.6. The van der Waals surface area contributed by atoms with Gasteiger partial charge in [-0.2, -0.15) is 0 Å². The standard InChI is InChI=1S/C54H48N2/c1-39-35-43(27-31-51(39)53-33-29-49(37-41(53)3)55(45-17-9-5-10-18-45)46-19-11-6-12-20-46)25-26-44-28-32-52(40(2)36-44)54-34-30-50(38-42(54)4)56(47-21-13-7-14-22-47)48-23-15-8-16-24-48/h5-27,29-31,33-38H,28,32H2,1-4H3/b26-25+. The summed E-state index contributed by atoms with van der Waals surface area (Å²) in [5.41, 5.74) is 20.0. The Morgan fingerprint density at radius 2 is 0.786 bits per heavy atom. The molecule has 0 saturated heterocycles. The van der Waals surface area contributed by atoms with E-state index in [-0.39, 0.29) is 0 Å². The Morgan fingerprint density at radius 1 is 0.375 bits per heavy atom. The van der Waals surface area contributed by atoms with Gasteiger partial charge in [0.05, 0.1) is 0 Å². The second kappa shape index (κ2) is 16.4. The Balaban J connectivity index is 1.00. The predicted octanol–water partition coefficient (Wildman–Crippen LogP) is 15.4. The van der Waals surface area contributed by atoms with Gasteiger partial charge in [-0.05, 0) is 169 Å². The molecule has 2 heteroatoms. The van der Waals surface area contributed by atoms with E-state index >= 15 is 0 Å². The molecule has 0 atom stereocenters. The van der Waals surface area contributed by atoms with Crippen molar-refractivity contribution < 1.29 is 0 Å². The summed E-state index contributed by atoms with van der Waals surface area (Å²) in [5, 5.41) is 0. The Hall–Kier alpha value is -6.64. The molecule has 0 radical (unpaired) electrons. The van der Waals surface area contributed by atoms with Crippen molar-refractivity contribution in [1.29, 1.82) is 0 Å². The third-order valence-electron chi connectivity index (χ3n) is 10.9. The van der Waals surface area contributed by atoms with Crippen LogP contribution in [0.5, 0.6) is 0 Å². The lowest BCUT2D eigenvalue weighted by atomic mass is 9.86. The highest BCUT2D eigenvalue weighted by Gasteiger charge is 2.18. The van der Waals surface area contributed by atoms with Crippen LogP contribution in [0.4, 0.5) is 34.1 Å². The highest BCUT2D eigenvalue weighted by atomic mass is 15.1. The van der Waals surface area contributed by atoms with Gasteiger partial charge in [-0.15, -0.1) is 0 Å². The minimum Gasteiger partial charge on any atom is -0.310 e. The number of allylic oxidation sites excluding steroid dienone is 5. The van der Waals surface area contributed by atoms with Crippen molar-refractivity contribution in [3.05, 3.63) is 227 Å². The number of para-hydroxylation sites is 4. The molecule has 0 amide bonds. The van der Waals surface area contributed by atoms with Crippen molar-refractivity contribution in [2.24, 2.45) is 0 Å². The molecule has 0 aromatic heterocycles. The number of nitrogens with zero attached hydrogens (tertiary/aromatic N) is 2. The summed E-state index contributed by atoms with van der Waals surface area (Å²) in [7, 11) is 0. The van der Waals surface area contributed by atoms with Gasteiger partial charge < -0.3 is 9.80 Å². The Morgan fingerprint density at radius 3 is 1.20 bits per heavy atom. The third kappa shape index (κ3) is 7.78. The molecule has 0 spiro atoms. The Kier molecular flexibility index (Phi) is 10.6. The molecule has 0 bridgehead atoms. The van der Waals surface area contributed by atoms with Crippen molar-refractivity contribution in [2.75, 3.05) is 9.80 Å². The number of rotatable bonds is 10. The van der Waals surface area contributed by atoms with E-state index in [2.05, 4.69) is 232 Å². The molecule has 0 fully saturated rings. The zero-order valence-corrected chi connectivity index (χ0v) is 32.8. The first-order valence-electron chi connectivity index (χ1n) is 19.6. The van der Waals surface area contributed by atoms with Gasteiger partial charge in [0, 0.05) is 34.1 Å². The van der Waals surface area contributed by atoms with Crippen LogP contribution in [-0.4, -0.2) is 0 Å². The van der Waals surface area contributed by atoms with E-state index in [1.807, 2.05) is 0 Å². The lowest BCUT2D eigenvalue weighted by molar-refractivity contribution is 0.990. The zero-order valence-electron chi connectivity index (χ0n) is 32.8. The lowest BCUT2D eigenvalue weighted by Crippen LogP contribution is -2.10. The van der Waals surface area contributed by atoms with Crippen LogP contribution in [0.2, 0.25) is 0 Å². The van der Waals surface area contributed by atoms with Gasteiger partial charge in [-0.25, -0.2) is 0 Å². The molecule has 2 nitrogen and oxygen atoms in total. The van der Waals surface area contributed by atoms with E-state index in [0.29, 0.717) is 0 Å². The molecule has 1 aliphatic carbocycles. The number of hydrogen-bond donors (Lipinski definition) is 0. The topological polar surface area (TPSA) is 6.48 Å². The molecule has 274 valence electrons. The summed E-state index contributed by atoms with van der Waals surface area (Å²) in [6, 6.07) is 63.0. The monoisotopic (exact) mass is 724 g/mol. The van der Waals surface area contributed by atoms with Crippen LogP contribution in [0.3, 0.4) is 0 Å². The normalized spacial score (nSPS) is 12.8. The van der Waals surface area contributed by atoms with E-state index in [4.69, 9.17) is 0 Å². The molecule has 8 rings (SSSR count). The highest BCUT2D eigenvalue weighted by Crippen LogP contribution is 2.40. The quantitative estimate of drug-likeness (QED) is 0.139. The molecule has 0 unspecified atom stereocenters. The van der Waals surface area contributed by atoms with Crippen LogP contribution in [-0.2, 0) is 0 Å². The van der Waals surface area contributed by atoms with Crippen LogP contribution in [0.25, 0.3) is 22.8 Å². The molecule has 0 aliphatic heterocycles. The molecule has 0 heterocycles. The number of aryl methyl sites for hydroxylation is 3. The van der Waals surface area contributed by atoms with Gasteiger partial charge in [-0.1, -0.05) is 121 Å². The molecular weight excluding hydrogens is 677 g/mol. The fourth-order valence-electron chi connectivity index (χ4n) is 8.10. The predicted molar refractivity (Wildman–Crippen MR) is 241 cm³/mol. The molecular formula is C54H48N2. The van der Waals surface area contributed by atoms with Crippen molar-refractivity contribution in [1.82, 2.24) is 0 Å². The Labute approximate surface area is 333 Å². The lowest BCUT2D eigenvalue weighted by Gasteiger charge is -2.27. The number of hydrogen-bond acceptors (Lipinski definition) is 2. The maximum Gasteiger partial charge on any atom is 0.0464 e. The number of benzene rings is 7. The van der Waals surface area contributed by atoms with Gasteiger partial charge in [0.15, 0.2) is 0 Å². The Bertz CT molecular complexity index is 2470. The van der Waals surface area contributed by atoms with Crippen molar-refractivity contribution in [3.63, 3.8) is 0 Å². The maximum atomic E-state index is 2.38. The first-order chi connectivity index (χ1) is 27.4. The van der Waals surface area contributed by atoms with Gasteiger partial charge in [0.25, 0.3) is 0 Å². The zero-order chi connectivity index (χ0) is 38.4. The van der Waals surface area contributed by atoms with Crippen LogP contribution in [0.1, 0.15) is 47.6 Å². The maximum absolute atomic E-state index is 2.38. The molecule has 56 heavy (non-hydrogen) atoms.